The van der Waals surface area contributed by atoms with Crippen molar-refractivity contribution in [3.05, 3.63) is 102 Å². The number of oxazole rings is 1. The van der Waals surface area contributed by atoms with Crippen LogP contribution in [-0.4, -0.2) is 24.0 Å². The third-order valence-electron chi connectivity index (χ3n) is 4.91. The smallest absolute Gasteiger partial charge is 0.361 e. The van der Waals surface area contributed by atoms with E-state index in [2.05, 4.69) is 10.3 Å². The van der Waals surface area contributed by atoms with Gasteiger partial charge in [-0.05, 0) is 31.2 Å². The van der Waals surface area contributed by atoms with Crippen LogP contribution in [0, 0.1) is 6.92 Å². The number of aryl methyl sites for hydroxylation is 1. The molecule has 33 heavy (non-hydrogen) atoms. The van der Waals surface area contributed by atoms with Gasteiger partial charge in [0.1, 0.15) is 11.5 Å². The van der Waals surface area contributed by atoms with Crippen LogP contribution in [-0.2, 0) is 9.53 Å². The molecule has 1 amide bonds. The molecule has 0 aliphatic rings. The minimum absolute atomic E-state index is 0.0176. The maximum absolute atomic E-state index is 13.1. The molecule has 0 aliphatic heterocycles. The predicted molar refractivity (Wildman–Crippen MR) is 123 cm³/mol. The van der Waals surface area contributed by atoms with Gasteiger partial charge in [0.2, 0.25) is 12.0 Å². The average molecular weight is 442 g/mol. The second-order valence-corrected chi connectivity index (χ2v) is 7.21. The van der Waals surface area contributed by atoms with Crippen LogP contribution in [0.25, 0.3) is 11.5 Å². The Hall–Kier alpha value is -4.39. The van der Waals surface area contributed by atoms with Gasteiger partial charge in [0.15, 0.2) is 5.69 Å². The van der Waals surface area contributed by atoms with Crippen LogP contribution in [0.3, 0.4) is 0 Å². The number of esters is 1. The Kier molecular flexibility index (Phi) is 6.50. The molecule has 0 saturated heterocycles. The summed E-state index contributed by atoms with van der Waals surface area (Å²) in [5.74, 6) is -0.0657. The minimum atomic E-state index is -1.19. The highest BCUT2D eigenvalue weighted by Crippen LogP contribution is 2.26. The van der Waals surface area contributed by atoms with Gasteiger partial charge in [-0.2, -0.15) is 0 Å². The lowest BCUT2D eigenvalue weighted by Crippen LogP contribution is -2.26. The van der Waals surface area contributed by atoms with Crippen molar-refractivity contribution in [1.82, 2.24) is 4.98 Å². The number of anilines is 1. The summed E-state index contributed by atoms with van der Waals surface area (Å²) < 4.78 is 16.5. The number of aromatic nitrogens is 1. The number of hydrogen-bond donors (Lipinski definition) is 1. The van der Waals surface area contributed by atoms with Gasteiger partial charge in [-0.15, -0.1) is 0 Å². The molecule has 1 N–H and O–H groups in total. The van der Waals surface area contributed by atoms with E-state index < -0.39 is 18.0 Å². The lowest BCUT2D eigenvalue weighted by atomic mass is 10.1. The average Bonchev–Trinajstić information content (AvgIpc) is 3.25. The quantitative estimate of drug-likeness (QED) is 0.396. The number of amides is 1. The summed E-state index contributed by atoms with van der Waals surface area (Å²) in [4.78, 5) is 30.4. The summed E-state index contributed by atoms with van der Waals surface area (Å²) in [6.45, 7) is 1.63. The fraction of sp³-hybridized carbons (Fsp3) is 0.115. The van der Waals surface area contributed by atoms with Crippen LogP contribution in [0.1, 0.15) is 27.9 Å². The monoisotopic (exact) mass is 442 g/mol. The third kappa shape index (κ3) is 5.10. The largest absolute Gasteiger partial charge is 0.497 e. The van der Waals surface area contributed by atoms with Crippen molar-refractivity contribution < 1.29 is 23.5 Å². The first kappa shape index (κ1) is 21.8. The van der Waals surface area contributed by atoms with Gasteiger partial charge in [0.05, 0.1) is 7.11 Å². The van der Waals surface area contributed by atoms with Crippen molar-refractivity contribution >= 4 is 17.6 Å². The second-order valence-electron chi connectivity index (χ2n) is 7.21. The first-order chi connectivity index (χ1) is 16.0. The van der Waals surface area contributed by atoms with Crippen LogP contribution < -0.4 is 10.1 Å². The third-order valence-corrected chi connectivity index (χ3v) is 4.91. The van der Waals surface area contributed by atoms with Crippen LogP contribution in [0.15, 0.2) is 89.3 Å². The molecule has 3 aromatic carbocycles. The summed E-state index contributed by atoms with van der Waals surface area (Å²) >= 11 is 0. The van der Waals surface area contributed by atoms with E-state index in [-0.39, 0.29) is 5.69 Å². The first-order valence-corrected chi connectivity index (χ1v) is 10.3. The van der Waals surface area contributed by atoms with Crippen LogP contribution in [0.5, 0.6) is 5.75 Å². The van der Waals surface area contributed by atoms with Crippen molar-refractivity contribution in [2.45, 2.75) is 13.0 Å². The highest BCUT2D eigenvalue weighted by molar-refractivity contribution is 5.98. The highest BCUT2D eigenvalue weighted by atomic mass is 16.5. The van der Waals surface area contributed by atoms with Gasteiger partial charge >= 0.3 is 5.97 Å². The lowest BCUT2D eigenvalue weighted by molar-refractivity contribution is -0.125. The van der Waals surface area contributed by atoms with E-state index in [1.54, 1.807) is 62.6 Å². The van der Waals surface area contributed by atoms with Crippen molar-refractivity contribution in [2.75, 3.05) is 12.4 Å². The molecule has 1 atom stereocenters. The summed E-state index contributed by atoms with van der Waals surface area (Å²) in [5, 5.41) is 2.78. The molecule has 4 aromatic rings. The number of hydrogen-bond acceptors (Lipinski definition) is 6. The minimum Gasteiger partial charge on any atom is -0.497 e. The van der Waals surface area contributed by atoms with Gasteiger partial charge in [0.25, 0.3) is 5.91 Å². The zero-order valence-electron chi connectivity index (χ0n) is 18.1. The van der Waals surface area contributed by atoms with Crippen molar-refractivity contribution in [1.29, 1.82) is 0 Å². The number of benzene rings is 3. The van der Waals surface area contributed by atoms with Crippen LogP contribution in [0.2, 0.25) is 0 Å². The normalized spacial score (nSPS) is 11.5. The Balaban J connectivity index is 1.59. The van der Waals surface area contributed by atoms with E-state index in [4.69, 9.17) is 13.9 Å². The zero-order chi connectivity index (χ0) is 23.2. The molecule has 1 unspecified atom stereocenters. The zero-order valence-corrected chi connectivity index (χ0v) is 18.1. The van der Waals surface area contributed by atoms with Crippen molar-refractivity contribution in [3.63, 3.8) is 0 Å². The number of nitrogens with zero attached hydrogens (tertiary/aromatic N) is 1. The summed E-state index contributed by atoms with van der Waals surface area (Å²) in [6, 6.07) is 24.9. The fourth-order valence-electron chi connectivity index (χ4n) is 3.26. The second kappa shape index (κ2) is 9.82. The molecule has 0 radical (unpaired) electrons. The molecule has 4 rings (SSSR count). The number of ether oxygens (including phenoxy) is 2. The van der Waals surface area contributed by atoms with Gasteiger partial charge in [-0.3, -0.25) is 4.79 Å². The molecule has 0 spiro atoms. The topological polar surface area (TPSA) is 90.7 Å². The van der Waals surface area contributed by atoms with Crippen molar-refractivity contribution in [3.8, 4) is 17.2 Å². The fourth-order valence-corrected chi connectivity index (χ4v) is 3.26. The van der Waals surface area contributed by atoms with Crippen LogP contribution >= 0.6 is 0 Å². The molecule has 7 nitrogen and oxygen atoms in total. The number of carbonyl (C=O) groups is 2. The van der Waals surface area contributed by atoms with E-state index in [1.165, 1.54) is 0 Å². The number of rotatable bonds is 7. The number of methoxy groups -OCH3 is 1. The molecule has 1 heterocycles. The Morgan fingerprint density at radius 3 is 2.33 bits per heavy atom. The highest BCUT2D eigenvalue weighted by Gasteiger charge is 2.29. The molecular formula is C26H22N2O5. The molecule has 166 valence electrons. The SMILES string of the molecule is COc1cccc(NC(=O)C(OC(=O)c2nc(-c3ccccc3)oc2C)c2ccccc2)c1. The molecular weight excluding hydrogens is 420 g/mol. The maximum atomic E-state index is 13.1. The van der Waals surface area contributed by atoms with Gasteiger partial charge in [-0.25, -0.2) is 9.78 Å². The van der Waals surface area contributed by atoms with E-state index >= 15 is 0 Å². The summed E-state index contributed by atoms with van der Waals surface area (Å²) in [7, 11) is 1.54. The summed E-state index contributed by atoms with van der Waals surface area (Å²) in [5.41, 5.74) is 1.79. The lowest BCUT2D eigenvalue weighted by Gasteiger charge is -2.18. The molecule has 1 aromatic heterocycles. The van der Waals surface area contributed by atoms with Gasteiger partial charge in [0, 0.05) is 22.9 Å². The van der Waals surface area contributed by atoms with Gasteiger partial charge < -0.3 is 19.2 Å². The Morgan fingerprint density at radius 2 is 1.64 bits per heavy atom. The number of nitrogens with one attached hydrogen (secondary N) is 1. The van der Waals surface area contributed by atoms with Gasteiger partial charge in [-0.1, -0.05) is 54.6 Å². The molecule has 0 saturated carbocycles. The Labute approximate surface area is 191 Å². The van der Waals surface area contributed by atoms with Crippen molar-refractivity contribution in [2.24, 2.45) is 0 Å². The number of carbonyl (C=O) groups excluding carboxylic acids is 2. The molecule has 7 heteroatoms. The Bertz CT molecular complexity index is 1250. The predicted octanol–water partition coefficient (Wildman–Crippen LogP) is 5.20. The van der Waals surface area contributed by atoms with E-state index in [9.17, 15) is 9.59 Å². The van der Waals surface area contributed by atoms with E-state index in [0.29, 0.717) is 28.7 Å². The van der Waals surface area contributed by atoms with E-state index in [0.717, 1.165) is 5.56 Å². The maximum Gasteiger partial charge on any atom is 0.361 e. The summed E-state index contributed by atoms with van der Waals surface area (Å²) in [6.07, 6.45) is -1.19. The standard InChI is InChI=1S/C26H22N2O5/c1-17-22(28-25(32-17)19-12-7-4-8-13-19)26(30)33-23(18-10-5-3-6-11-18)24(29)27-20-14-9-15-21(16-20)31-2/h3-16,23H,1-2H3,(H,27,29). The molecule has 0 fully saturated rings. The Morgan fingerprint density at radius 1 is 0.939 bits per heavy atom. The molecule has 0 aliphatic carbocycles. The van der Waals surface area contributed by atoms with E-state index in [1.807, 2.05) is 36.4 Å². The first-order valence-electron chi connectivity index (χ1n) is 10.3. The van der Waals surface area contributed by atoms with Crippen LogP contribution in [0.4, 0.5) is 5.69 Å². The molecule has 0 bridgehead atoms.